The van der Waals surface area contributed by atoms with E-state index in [1.54, 1.807) is 12.0 Å². The summed E-state index contributed by atoms with van der Waals surface area (Å²) in [6, 6.07) is 11.6. The maximum atomic E-state index is 11.5. The molecule has 0 spiro atoms. The van der Waals surface area contributed by atoms with Crippen molar-refractivity contribution in [3.63, 3.8) is 0 Å². The molecule has 1 aromatic heterocycles. The summed E-state index contributed by atoms with van der Waals surface area (Å²) in [7, 11) is 1.64. The minimum absolute atomic E-state index is 0.000639. The number of β-amino-alcohol motifs (C(OH)–C–C–N with tert-alkyl or cyclic N) is 1. The number of furan rings is 1. The Bertz CT molecular complexity index is 710. The zero-order chi connectivity index (χ0) is 17.8. The summed E-state index contributed by atoms with van der Waals surface area (Å²) in [5, 5.41) is 10.1. The van der Waals surface area contributed by atoms with Gasteiger partial charge in [-0.15, -0.1) is 0 Å². The third-order valence-corrected chi connectivity index (χ3v) is 4.45. The van der Waals surface area contributed by atoms with Crippen molar-refractivity contribution in [2.45, 2.75) is 19.6 Å². The van der Waals surface area contributed by atoms with Crippen LogP contribution < -0.4 is 4.74 Å². The molecular weight excluding hydrogens is 320 g/mol. The predicted molar refractivity (Wildman–Crippen MR) is 94.2 cm³/mol. The molecule has 1 fully saturated rings. The highest BCUT2D eigenvalue weighted by molar-refractivity contribution is 5.73. The fourth-order valence-corrected chi connectivity index (χ4v) is 3.08. The number of benzene rings is 1. The van der Waals surface area contributed by atoms with Crippen molar-refractivity contribution < 1.29 is 19.1 Å². The Hall–Kier alpha value is -2.31. The first-order valence-corrected chi connectivity index (χ1v) is 8.44. The van der Waals surface area contributed by atoms with Crippen molar-refractivity contribution in [2.24, 2.45) is 0 Å². The molecular formula is C19H24N2O4. The lowest BCUT2D eigenvalue weighted by molar-refractivity contribution is -0.129. The summed E-state index contributed by atoms with van der Waals surface area (Å²) in [6.45, 7) is 4.41. The van der Waals surface area contributed by atoms with Gasteiger partial charge in [0.1, 0.15) is 17.3 Å². The largest absolute Gasteiger partial charge is 0.497 e. The van der Waals surface area contributed by atoms with E-state index in [0.29, 0.717) is 26.2 Å². The normalized spacial score (nSPS) is 18.8. The molecule has 0 aliphatic carbocycles. The van der Waals surface area contributed by atoms with Crippen molar-refractivity contribution in [1.82, 2.24) is 9.80 Å². The Labute approximate surface area is 147 Å². The third kappa shape index (κ3) is 4.41. The first-order chi connectivity index (χ1) is 12.0. The number of methoxy groups -OCH3 is 1. The molecule has 1 aliphatic heterocycles. The average molecular weight is 344 g/mol. The van der Waals surface area contributed by atoms with E-state index in [2.05, 4.69) is 4.90 Å². The van der Waals surface area contributed by atoms with Crippen LogP contribution in [0.3, 0.4) is 0 Å². The first kappa shape index (κ1) is 17.5. The minimum atomic E-state index is -0.539. The summed E-state index contributed by atoms with van der Waals surface area (Å²) in [6.07, 6.45) is -0.539. The number of amides is 1. The number of hydrogen-bond acceptors (Lipinski definition) is 5. The van der Waals surface area contributed by atoms with Crippen LogP contribution in [-0.4, -0.2) is 60.2 Å². The molecule has 0 bridgehead atoms. The molecule has 1 aromatic carbocycles. The summed E-state index contributed by atoms with van der Waals surface area (Å²) in [5.74, 6) is 2.46. The van der Waals surface area contributed by atoms with Crippen molar-refractivity contribution >= 4 is 5.91 Å². The molecule has 1 amide bonds. The third-order valence-electron chi connectivity index (χ3n) is 4.45. The number of nitrogens with zero attached hydrogens (tertiary/aromatic N) is 2. The zero-order valence-electron chi connectivity index (χ0n) is 14.6. The quantitative estimate of drug-likeness (QED) is 0.919. The highest BCUT2D eigenvalue weighted by Gasteiger charge is 2.23. The number of aliphatic hydroxyl groups is 1. The molecule has 1 N–H and O–H groups in total. The van der Waals surface area contributed by atoms with Crippen LogP contribution in [0.25, 0.3) is 11.3 Å². The molecule has 0 radical (unpaired) electrons. The van der Waals surface area contributed by atoms with Gasteiger partial charge in [0.15, 0.2) is 0 Å². The summed E-state index contributed by atoms with van der Waals surface area (Å²) < 4.78 is 11.1. The number of rotatable bonds is 4. The maximum absolute atomic E-state index is 11.5. The van der Waals surface area contributed by atoms with E-state index >= 15 is 0 Å². The van der Waals surface area contributed by atoms with E-state index in [0.717, 1.165) is 29.4 Å². The number of aliphatic hydroxyl groups excluding tert-OH is 1. The van der Waals surface area contributed by atoms with E-state index in [-0.39, 0.29) is 5.91 Å². The lowest BCUT2D eigenvalue weighted by atomic mass is 10.2. The Morgan fingerprint density at radius 3 is 2.64 bits per heavy atom. The highest BCUT2D eigenvalue weighted by Crippen LogP contribution is 2.25. The fourth-order valence-electron chi connectivity index (χ4n) is 3.08. The van der Waals surface area contributed by atoms with Crippen molar-refractivity contribution in [3.05, 3.63) is 42.2 Å². The lowest BCUT2D eigenvalue weighted by Crippen LogP contribution is -2.36. The fraction of sp³-hybridized carbons (Fsp3) is 0.421. The van der Waals surface area contributed by atoms with Gasteiger partial charge in [-0.05, 0) is 36.4 Å². The van der Waals surface area contributed by atoms with Gasteiger partial charge in [-0.25, -0.2) is 0 Å². The molecule has 134 valence electrons. The first-order valence-electron chi connectivity index (χ1n) is 8.44. The number of hydrogen-bond donors (Lipinski definition) is 1. The molecule has 0 unspecified atom stereocenters. The van der Waals surface area contributed by atoms with Crippen LogP contribution in [0.1, 0.15) is 12.7 Å². The minimum Gasteiger partial charge on any atom is -0.497 e. The van der Waals surface area contributed by atoms with Crippen LogP contribution in [0, 0.1) is 0 Å². The second kappa shape index (κ2) is 7.72. The van der Waals surface area contributed by atoms with Gasteiger partial charge in [0, 0.05) is 38.7 Å². The molecule has 2 aromatic rings. The van der Waals surface area contributed by atoms with Crippen molar-refractivity contribution in [2.75, 3.05) is 33.3 Å². The van der Waals surface area contributed by atoms with E-state index in [4.69, 9.17) is 9.15 Å². The second-order valence-electron chi connectivity index (χ2n) is 6.35. The summed E-state index contributed by atoms with van der Waals surface area (Å²) in [5.41, 5.74) is 0.991. The van der Waals surface area contributed by atoms with Gasteiger partial charge in [0.25, 0.3) is 0 Å². The van der Waals surface area contributed by atoms with Crippen LogP contribution in [0.4, 0.5) is 0 Å². The Morgan fingerprint density at radius 2 is 1.96 bits per heavy atom. The standard InChI is InChI=1S/C19H24N2O4/c1-14(22)21-10-9-20(11-16(23)12-21)13-18-7-8-19(25-18)15-3-5-17(24-2)6-4-15/h3-8,16,23H,9-13H2,1-2H3/t16-/m0/s1. The van der Waals surface area contributed by atoms with Crippen LogP contribution in [0.5, 0.6) is 5.75 Å². The number of carbonyl (C=O) groups is 1. The summed E-state index contributed by atoms with van der Waals surface area (Å²) in [4.78, 5) is 15.3. The predicted octanol–water partition coefficient (Wildman–Crippen LogP) is 1.98. The van der Waals surface area contributed by atoms with Crippen LogP contribution in [0.15, 0.2) is 40.8 Å². The molecule has 2 heterocycles. The van der Waals surface area contributed by atoms with Crippen molar-refractivity contribution in [1.29, 1.82) is 0 Å². The van der Waals surface area contributed by atoms with Gasteiger partial charge in [-0.2, -0.15) is 0 Å². The smallest absolute Gasteiger partial charge is 0.219 e. The second-order valence-corrected chi connectivity index (χ2v) is 6.35. The Morgan fingerprint density at radius 1 is 1.20 bits per heavy atom. The molecule has 3 rings (SSSR count). The highest BCUT2D eigenvalue weighted by atomic mass is 16.5. The summed E-state index contributed by atoms with van der Waals surface area (Å²) >= 11 is 0. The lowest BCUT2D eigenvalue weighted by Gasteiger charge is -2.19. The monoisotopic (exact) mass is 344 g/mol. The average Bonchev–Trinajstić information content (AvgIpc) is 2.98. The van der Waals surface area contributed by atoms with Gasteiger partial charge < -0.3 is 19.2 Å². The van der Waals surface area contributed by atoms with E-state index in [1.165, 1.54) is 6.92 Å². The molecule has 6 heteroatoms. The molecule has 1 aliphatic rings. The van der Waals surface area contributed by atoms with Gasteiger partial charge in [-0.3, -0.25) is 9.69 Å². The van der Waals surface area contributed by atoms with Gasteiger partial charge in [-0.1, -0.05) is 0 Å². The van der Waals surface area contributed by atoms with Crippen molar-refractivity contribution in [3.8, 4) is 17.1 Å². The van der Waals surface area contributed by atoms with Gasteiger partial charge in [0.2, 0.25) is 5.91 Å². The molecule has 25 heavy (non-hydrogen) atoms. The molecule has 6 nitrogen and oxygen atoms in total. The van der Waals surface area contributed by atoms with Crippen LogP contribution in [-0.2, 0) is 11.3 Å². The molecule has 0 saturated carbocycles. The van der Waals surface area contributed by atoms with E-state index in [9.17, 15) is 9.90 Å². The Kier molecular flexibility index (Phi) is 5.40. The maximum Gasteiger partial charge on any atom is 0.219 e. The van der Waals surface area contributed by atoms with Crippen LogP contribution >= 0.6 is 0 Å². The topological polar surface area (TPSA) is 66.2 Å². The van der Waals surface area contributed by atoms with E-state index < -0.39 is 6.10 Å². The zero-order valence-corrected chi connectivity index (χ0v) is 14.6. The molecule has 1 saturated heterocycles. The van der Waals surface area contributed by atoms with Gasteiger partial charge in [0.05, 0.1) is 19.8 Å². The van der Waals surface area contributed by atoms with Gasteiger partial charge >= 0.3 is 0 Å². The SMILES string of the molecule is COc1ccc(-c2ccc(CN3CCN(C(C)=O)C[C@@H](O)C3)o2)cc1. The number of ether oxygens (including phenoxy) is 1. The number of carbonyl (C=O) groups excluding carboxylic acids is 1. The Balaban J connectivity index is 1.65. The van der Waals surface area contributed by atoms with Crippen LogP contribution in [0.2, 0.25) is 0 Å². The molecule has 1 atom stereocenters. The van der Waals surface area contributed by atoms with E-state index in [1.807, 2.05) is 36.4 Å².